The maximum Gasteiger partial charge on any atom is 0.349 e. The number of hydrogen-bond acceptors (Lipinski definition) is 5. The van der Waals surface area contributed by atoms with Crippen molar-refractivity contribution in [2.45, 2.75) is 39.7 Å². The summed E-state index contributed by atoms with van der Waals surface area (Å²) in [4.78, 5) is 23.8. The molecule has 1 aromatic rings. The number of esters is 1. The third-order valence-electron chi connectivity index (χ3n) is 3.54. The average molecular weight is 344 g/mol. The van der Waals surface area contributed by atoms with Crippen molar-refractivity contribution in [1.82, 2.24) is 5.32 Å². The Bertz CT molecular complexity index is 670. The summed E-state index contributed by atoms with van der Waals surface area (Å²) < 4.78 is 10.2. The zero-order valence-corrected chi connectivity index (χ0v) is 15.1. The number of nitrogens with zero attached hydrogens (tertiary/aromatic N) is 1. The molecular formula is C19H24N2O4. The highest BCUT2D eigenvalue weighted by Crippen LogP contribution is 2.15. The van der Waals surface area contributed by atoms with Crippen LogP contribution >= 0.6 is 0 Å². The Morgan fingerprint density at radius 1 is 1.24 bits per heavy atom. The number of ether oxygens (including phenoxy) is 2. The van der Waals surface area contributed by atoms with Crippen LogP contribution < -0.4 is 10.1 Å². The number of nitriles is 1. The molecule has 0 spiro atoms. The van der Waals surface area contributed by atoms with Crippen molar-refractivity contribution in [1.29, 1.82) is 5.26 Å². The Hall–Kier alpha value is -2.81. The van der Waals surface area contributed by atoms with E-state index in [2.05, 4.69) is 5.32 Å². The van der Waals surface area contributed by atoms with Gasteiger partial charge in [-0.15, -0.1) is 0 Å². The summed E-state index contributed by atoms with van der Waals surface area (Å²) >= 11 is 0. The van der Waals surface area contributed by atoms with Crippen LogP contribution in [0.2, 0.25) is 0 Å². The Morgan fingerprint density at radius 3 is 2.40 bits per heavy atom. The van der Waals surface area contributed by atoms with E-state index in [4.69, 9.17) is 14.7 Å². The number of benzene rings is 1. The number of nitrogens with one attached hydrogen (secondary N) is 1. The predicted molar refractivity (Wildman–Crippen MR) is 94.7 cm³/mol. The zero-order chi connectivity index (χ0) is 18.9. The van der Waals surface area contributed by atoms with E-state index in [1.165, 1.54) is 6.08 Å². The van der Waals surface area contributed by atoms with Gasteiger partial charge in [-0.2, -0.15) is 5.26 Å². The fourth-order valence-corrected chi connectivity index (χ4v) is 1.84. The Balaban J connectivity index is 2.68. The van der Waals surface area contributed by atoms with Gasteiger partial charge in [0, 0.05) is 5.54 Å². The van der Waals surface area contributed by atoms with Crippen LogP contribution in [0.25, 0.3) is 6.08 Å². The lowest BCUT2D eigenvalue weighted by Gasteiger charge is -2.24. The van der Waals surface area contributed by atoms with Crippen molar-refractivity contribution in [3.05, 3.63) is 35.4 Å². The van der Waals surface area contributed by atoms with Crippen LogP contribution in [0.3, 0.4) is 0 Å². The summed E-state index contributed by atoms with van der Waals surface area (Å²) in [5, 5.41) is 11.9. The molecule has 0 aliphatic heterocycles. The minimum atomic E-state index is -0.833. The molecule has 1 N–H and O–H groups in total. The number of hydrogen-bond donors (Lipinski definition) is 1. The van der Waals surface area contributed by atoms with Gasteiger partial charge in [0.05, 0.1) is 6.61 Å². The van der Waals surface area contributed by atoms with E-state index < -0.39 is 18.5 Å². The lowest BCUT2D eigenvalue weighted by molar-refractivity contribution is -0.144. The molecule has 6 heteroatoms. The summed E-state index contributed by atoms with van der Waals surface area (Å²) in [6, 6.07) is 8.75. The van der Waals surface area contributed by atoms with E-state index in [9.17, 15) is 9.59 Å². The van der Waals surface area contributed by atoms with Gasteiger partial charge >= 0.3 is 5.97 Å². The van der Waals surface area contributed by atoms with E-state index in [1.54, 1.807) is 30.3 Å². The van der Waals surface area contributed by atoms with Crippen LogP contribution in [0.1, 0.15) is 39.7 Å². The molecule has 25 heavy (non-hydrogen) atoms. The second-order valence-electron chi connectivity index (χ2n) is 6.03. The minimum Gasteiger partial charge on any atom is -0.494 e. The molecule has 0 atom stereocenters. The van der Waals surface area contributed by atoms with Crippen LogP contribution in [0, 0.1) is 11.3 Å². The largest absolute Gasteiger partial charge is 0.494 e. The van der Waals surface area contributed by atoms with Gasteiger partial charge in [0.15, 0.2) is 6.61 Å². The normalized spacial score (nSPS) is 11.4. The molecule has 6 nitrogen and oxygen atoms in total. The van der Waals surface area contributed by atoms with Gasteiger partial charge in [-0.1, -0.05) is 19.1 Å². The summed E-state index contributed by atoms with van der Waals surface area (Å²) in [7, 11) is 0. The van der Waals surface area contributed by atoms with Gasteiger partial charge in [0.25, 0.3) is 5.91 Å². The van der Waals surface area contributed by atoms with Crippen LogP contribution in [-0.2, 0) is 14.3 Å². The first-order valence-electron chi connectivity index (χ1n) is 8.14. The Morgan fingerprint density at radius 2 is 1.88 bits per heavy atom. The maximum atomic E-state index is 12.0. The summed E-state index contributed by atoms with van der Waals surface area (Å²) in [5.74, 6) is -0.532. The van der Waals surface area contributed by atoms with Crippen molar-refractivity contribution >= 4 is 18.0 Å². The van der Waals surface area contributed by atoms with Gasteiger partial charge < -0.3 is 14.8 Å². The molecule has 0 saturated carbocycles. The smallest absolute Gasteiger partial charge is 0.349 e. The summed E-state index contributed by atoms with van der Waals surface area (Å²) in [6.07, 6.45) is 2.15. The molecule has 0 saturated heterocycles. The molecule has 0 fully saturated rings. The first-order valence-corrected chi connectivity index (χ1v) is 8.14. The predicted octanol–water partition coefficient (Wildman–Crippen LogP) is 2.84. The third kappa shape index (κ3) is 7.08. The lowest BCUT2D eigenvalue weighted by atomic mass is 10.0. The summed E-state index contributed by atoms with van der Waals surface area (Å²) in [5.41, 5.74) is 0.111. The fourth-order valence-electron chi connectivity index (χ4n) is 1.84. The van der Waals surface area contributed by atoms with Crippen LogP contribution in [0.4, 0.5) is 0 Å². The molecular weight excluding hydrogens is 320 g/mol. The molecule has 1 amide bonds. The highest BCUT2D eigenvalue weighted by molar-refractivity contribution is 5.98. The monoisotopic (exact) mass is 344 g/mol. The standard InChI is InChI=1S/C19H24N2O4/c1-5-19(3,4)21-17(22)13-25-18(23)15(12-20)11-14-7-9-16(10-8-14)24-6-2/h7-11H,5-6,13H2,1-4H3,(H,21,22)/b15-11+. The van der Waals surface area contributed by atoms with Crippen molar-refractivity contribution < 1.29 is 19.1 Å². The molecule has 0 aliphatic rings. The molecule has 0 aromatic heterocycles. The van der Waals surface area contributed by atoms with Crippen molar-refractivity contribution in [3.8, 4) is 11.8 Å². The SMILES string of the molecule is CCOc1ccc(/C=C(\C#N)C(=O)OCC(=O)NC(C)(C)CC)cc1. The molecule has 0 heterocycles. The van der Waals surface area contributed by atoms with E-state index in [0.29, 0.717) is 17.9 Å². The maximum absolute atomic E-state index is 12.0. The third-order valence-corrected chi connectivity index (χ3v) is 3.54. The van der Waals surface area contributed by atoms with Crippen molar-refractivity contribution in [2.75, 3.05) is 13.2 Å². The highest BCUT2D eigenvalue weighted by Gasteiger charge is 2.19. The number of rotatable bonds is 8. The van der Waals surface area contributed by atoms with Gasteiger partial charge in [0.2, 0.25) is 0 Å². The van der Waals surface area contributed by atoms with Crippen LogP contribution in [0.15, 0.2) is 29.8 Å². The molecule has 0 bridgehead atoms. The zero-order valence-electron chi connectivity index (χ0n) is 15.1. The van der Waals surface area contributed by atoms with Gasteiger partial charge in [0.1, 0.15) is 17.4 Å². The first kappa shape index (κ1) is 20.2. The Labute approximate surface area is 148 Å². The van der Waals surface area contributed by atoms with Crippen molar-refractivity contribution in [3.63, 3.8) is 0 Å². The summed E-state index contributed by atoms with van der Waals surface area (Å²) in [6.45, 7) is 7.71. The lowest BCUT2D eigenvalue weighted by Crippen LogP contribution is -2.44. The first-order chi connectivity index (χ1) is 11.8. The highest BCUT2D eigenvalue weighted by atomic mass is 16.5. The molecule has 1 aromatic carbocycles. The van der Waals surface area contributed by atoms with Crippen LogP contribution in [-0.4, -0.2) is 30.6 Å². The number of carbonyl (C=O) groups excluding carboxylic acids is 2. The van der Waals surface area contributed by atoms with Crippen molar-refractivity contribution in [2.24, 2.45) is 0 Å². The topological polar surface area (TPSA) is 88.4 Å². The minimum absolute atomic E-state index is 0.174. The number of amides is 1. The average Bonchev–Trinajstić information content (AvgIpc) is 2.59. The molecule has 0 aliphatic carbocycles. The number of carbonyl (C=O) groups is 2. The van der Waals surface area contributed by atoms with Gasteiger partial charge in [-0.25, -0.2) is 4.79 Å². The molecule has 1 rings (SSSR count). The fraction of sp³-hybridized carbons (Fsp3) is 0.421. The second kappa shape index (κ2) is 9.48. The molecule has 134 valence electrons. The van der Waals surface area contributed by atoms with E-state index in [-0.39, 0.29) is 11.1 Å². The molecule has 0 radical (unpaired) electrons. The molecule has 0 unspecified atom stereocenters. The van der Waals surface area contributed by atoms with E-state index in [1.807, 2.05) is 27.7 Å². The quantitative estimate of drug-likeness (QED) is 0.445. The van der Waals surface area contributed by atoms with Crippen LogP contribution in [0.5, 0.6) is 5.75 Å². The Kier molecular flexibility index (Phi) is 7.67. The van der Waals surface area contributed by atoms with Gasteiger partial charge in [-0.05, 0) is 51.0 Å². The second-order valence-corrected chi connectivity index (χ2v) is 6.03. The van der Waals surface area contributed by atoms with E-state index >= 15 is 0 Å². The van der Waals surface area contributed by atoms with Gasteiger partial charge in [-0.3, -0.25) is 4.79 Å². The van der Waals surface area contributed by atoms with E-state index in [0.717, 1.165) is 6.42 Å².